The Kier molecular flexibility index (Phi) is 6.68. The van der Waals surface area contributed by atoms with Gasteiger partial charge in [-0.05, 0) is 51.8 Å². The summed E-state index contributed by atoms with van der Waals surface area (Å²) >= 11 is 3.33. The molecule has 1 N–H and O–H groups in total. The van der Waals surface area contributed by atoms with E-state index in [0.29, 0.717) is 0 Å². The maximum Gasteiger partial charge on any atom is 0.408 e. The molecule has 0 radical (unpaired) electrons. The largest absolute Gasteiger partial charge is 0.444 e. The Labute approximate surface area is 170 Å². The predicted molar refractivity (Wildman–Crippen MR) is 102 cm³/mol. The number of benzene rings is 1. The van der Waals surface area contributed by atoms with Crippen molar-refractivity contribution in [3.05, 3.63) is 34.3 Å². The zero-order chi connectivity index (χ0) is 21.3. The van der Waals surface area contributed by atoms with Gasteiger partial charge in [0.15, 0.2) is 0 Å². The number of ether oxygens (including phenoxy) is 1. The highest BCUT2D eigenvalue weighted by atomic mass is 79.9. The first-order valence-corrected chi connectivity index (χ1v) is 9.68. The van der Waals surface area contributed by atoms with E-state index >= 15 is 0 Å². The van der Waals surface area contributed by atoms with E-state index in [1.165, 1.54) is 0 Å². The number of nitrogens with one attached hydrogen (secondary N) is 1. The van der Waals surface area contributed by atoms with Crippen LogP contribution in [0.4, 0.5) is 18.0 Å². The van der Waals surface area contributed by atoms with Gasteiger partial charge in [0, 0.05) is 16.4 Å². The third-order valence-corrected chi connectivity index (χ3v) is 5.01. The van der Waals surface area contributed by atoms with Crippen LogP contribution in [0.25, 0.3) is 0 Å². The van der Waals surface area contributed by atoms with Crippen LogP contribution in [0.1, 0.15) is 45.6 Å². The molecule has 0 spiro atoms. The van der Waals surface area contributed by atoms with E-state index in [-0.39, 0.29) is 12.3 Å². The second-order valence-electron chi connectivity index (χ2n) is 7.91. The minimum Gasteiger partial charge on any atom is -0.444 e. The van der Waals surface area contributed by atoms with E-state index in [4.69, 9.17) is 4.74 Å². The molecule has 1 aromatic carbocycles. The molecule has 0 aliphatic carbocycles. The van der Waals surface area contributed by atoms with E-state index in [0.717, 1.165) is 14.9 Å². The molecule has 0 bridgehead atoms. The third-order valence-electron chi connectivity index (χ3n) is 4.48. The molecule has 1 aliphatic rings. The normalized spacial score (nSPS) is 23.5. The van der Waals surface area contributed by atoms with Crippen LogP contribution in [0.15, 0.2) is 28.7 Å². The molecule has 2 rings (SSSR count). The average Bonchev–Trinajstić information content (AvgIpc) is 2.52. The van der Waals surface area contributed by atoms with Crippen molar-refractivity contribution < 1.29 is 27.5 Å². The summed E-state index contributed by atoms with van der Waals surface area (Å²) in [6.45, 7) is 5.22. The fourth-order valence-corrected chi connectivity index (χ4v) is 3.54. The molecule has 1 fully saturated rings. The molecule has 0 unspecified atom stereocenters. The molecule has 2 amide bonds. The maximum absolute atomic E-state index is 13.1. The van der Waals surface area contributed by atoms with Crippen LogP contribution in [-0.2, 0) is 9.53 Å². The Morgan fingerprint density at radius 3 is 2.32 bits per heavy atom. The minimum atomic E-state index is -4.54. The van der Waals surface area contributed by atoms with Crippen LogP contribution in [0, 0.1) is 0 Å². The van der Waals surface area contributed by atoms with Gasteiger partial charge in [-0.1, -0.05) is 28.1 Å². The predicted octanol–water partition coefficient (Wildman–Crippen LogP) is 4.61. The molecule has 1 aliphatic heterocycles. The number of likely N-dealkylation sites (tertiary alicyclic amines) is 1. The highest BCUT2D eigenvalue weighted by Crippen LogP contribution is 2.35. The number of hydrogen-bond acceptors (Lipinski definition) is 3. The van der Waals surface area contributed by atoms with Crippen LogP contribution in [-0.4, -0.2) is 47.3 Å². The molecular weight excluding hydrogens is 441 g/mol. The molecule has 5 nitrogen and oxygen atoms in total. The fourth-order valence-electron chi connectivity index (χ4n) is 3.28. The van der Waals surface area contributed by atoms with Gasteiger partial charge in [0.25, 0.3) is 0 Å². The van der Waals surface area contributed by atoms with Gasteiger partial charge in [-0.3, -0.25) is 4.79 Å². The third kappa shape index (κ3) is 6.12. The summed E-state index contributed by atoms with van der Waals surface area (Å²) in [4.78, 5) is 25.6. The zero-order valence-electron chi connectivity index (χ0n) is 16.1. The molecule has 156 valence electrons. The number of carbonyl (C=O) groups excluding carboxylic acids is 2. The molecule has 1 heterocycles. The number of rotatable bonds is 3. The standard InChI is InChI=1S/C19H24BrF3N2O3/c1-11-14(12-5-7-13(20)8-6-12)9-15(24-17(27)28-18(2,3)4)16(26)25(11)10-19(21,22)23/h5-8,11,14-15H,9-10H2,1-4H3,(H,24,27)/t11-,14-,15+/m1/s1. The summed E-state index contributed by atoms with van der Waals surface area (Å²) in [5, 5.41) is 2.44. The summed E-state index contributed by atoms with van der Waals surface area (Å²) in [5.74, 6) is -1.13. The number of alkyl carbamates (subject to hydrolysis) is 1. The first-order valence-electron chi connectivity index (χ1n) is 8.89. The molecule has 9 heteroatoms. The number of carbonyl (C=O) groups is 2. The Hall–Kier alpha value is -1.77. The quantitative estimate of drug-likeness (QED) is 0.710. The summed E-state index contributed by atoms with van der Waals surface area (Å²) in [5.41, 5.74) is 0.0117. The van der Waals surface area contributed by atoms with Gasteiger partial charge < -0.3 is 15.0 Å². The molecule has 28 heavy (non-hydrogen) atoms. The van der Waals surface area contributed by atoms with E-state index in [9.17, 15) is 22.8 Å². The van der Waals surface area contributed by atoms with Crippen LogP contribution in [0.3, 0.4) is 0 Å². The lowest BCUT2D eigenvalue weighted by Gasteiger charge is -2.43. The van der Waals surface area contributed by atoms with E-state index in [1.54, 1.807) is 52.0 Å². The SMILES string of the molecule is C[C@@H]1[C@H](c2ccc(Br)cc2)C[C@H](NC(=O)OC(C)(C)C)C(=O)N1CC(F)(F)F. The monoisotopic (exact) mass is 464 g/mol. The molecule has 0 saturated carbocycles. The van der Waals surface area contributed by atoms with Gasteiger partial charge in [-0.15, -0.1) is 0 Å². The molecule has 0 aromatic heterocycles. The van der Waals surface area contributed by atoms with Crippen molar-refractivity contribution in [1.29, 1.82) is 0 Å². The number of nitrogens with zero attached hydrogens (tertiary/aromatic N) is 1. The minimum absolute atomic E-state index is 0.190. The number of amides is 2. The summed E-state index contributed by atoms with van der Waals surface area (Å²) in [6.07, 6.45) is -5.18. The van der Waals surface area contributed by atoms with Crippen molar-refractivity contribution >= 4 is 27.9 Å². The van der Waals surface area contributed by atoms with Crippen molar-refractivity contribution in [3.63, 3.8) is 0 Å². The topological polar surface area (TPSA) is 58.6 Å². The number of hydrogen-bond donors (Lipinski definition) is 1. The van der Waals surface area contributed by atoms with Gasteiger partial charge in [-0.2, -0.15) is 13.2 Å². The van der Waals surface area contributed by atoms with Crippen LogP contribution in [0.2, 0.25) is 0 Å². The van der Waals surface area contributed by atoms with Crippen LogP contribution >= 0.6 is 15.9 Å². The van der Waals surface area contributed by atoms with Crippen molar-refractivity contribution in [2.24, 2.45) is 0 Å². The summed E-state index contributed by atoms with van der Waals surface area (Å²) in [6, 6.07) is 5.43. The van der Waals surface area contributed by atoms with Gasteiger partial charge in [0.2, 0.25) is 5.91 Å². The van der Waals surface area contributed by atoms with Crippen LogP contribution in [0.5, 0.6) is 0 Å². The molecular formula is C19H24BrF3N2O3. The highest BCUT2D eigenvalue weighted by Gasteiger charge is 2.45. The van der Waals surface area contributed by atoms with Crippen molar-refractivity contribution in [2.45, 2.75) is 63.9 Å². The fraction of sp³-hybridized carbons (Fsp3) is 0.579. The number of alkyl halides is 3. The smallest absolute Gasteiger partial charge is 0.408 e. The Morgan fingerprint density at radius 1 is 1.25 bits per heavy atom. The first kappa shape index (κ1) is 22.5. The van der Waals surface area contributed by atoms with E-state index < -0.39 is 42.4 Å². The number of piperidine rings is 1. The second kappa shape index (κ2) is 8.31. The highest BCUT2D eigenvalue weighted by molar-refractivity contribution is 9.10. The molecule has 3 atom stereocenters. The first-order chi connectivity index (χ1) is 12.8. The zero-order valence-corrected chi connectivity index (χ0v) is 17.7. The van der Waals surface area contributed by atoms with Crippen molar-refractivity contribution in [1.82, 2.24) is 10.2 Å². The van der Waals surface area contributed by atoms with Crippen LogP contribution < -0.4 is 5.32 Å². The molecule has 1 saturated heterocycles. The maximum atomic E-state index is 13.1. The lowest BCUT2D eigenvalue weighted by molar-refractivity contribution is -0.170. The van der Waals surface area contributed by atoms with Gasteiger partial charge in [-0.25, -0.2) is 4.79 Å². The van der Waals surface area contributed by atoms with Gasteiger partial charge in [0.1, 0.15) is 18.2 Å². The van der Waals surface area contributed by atoms with Crippen molar-refractivity contribution in [2.75, 3.05) is 6.54 Å². The van der Waals surface area contributed by atoms with Gasteiger partial charge in [0.05, 0.1) is 0 Å². The average molecular weight is 465 g/mol. The van der Waals surface area contributed by atoms with Gasteiger partial charge >= 0.3 is 12.3 Å². The lowest BCUT2D eigenvalue weighted by atomic mass is 9.82. The van der Waals surface area contributed by atoms with E-state index in [1.807, 2.05) is 0 Å². The van der Waals surface area contributed by atoms with Crippen molar-refractivity contribution in [3.8, 4) is 0 Å². The lowest BCUT2D eigenvalue weighted by Crippen LogP contribution is -2.60. The Bertz CT molecular complexity index is 717. The number of halogens is 4. The van der Waals surface area contributed by atoms with E-state index in [2.05, 4.69) is 21.2 Å². The Morgan fingerprint density at radius 2 is 1.82 bits per heavy atom. The molecule has 1 aromatic rings. The second-order valence-corrected chi connectivity index (χ2v) is 8.83. The Balaban J connectivity index is 2.29. The summed E-state index contributed by atoms with van der Waals surface area (Å²) < 4.78 is 45.2. The summed E-state index contributed by atoms with van der Waals surface area (Å²) in [7, 11) is 0.